The molecule has 29 heavy (non-hydrogen) atoms. The molecule has 0 spiro atoms. The minimum atomic E-state index is -4.42. The predicted molar refractivity (Wildman–Crippen MR) is 103 cm³/mol. The van der Waals surface area contributed by atoms with Gasteiger partial charge in [-0.05, 0) is 55.2 Å². The van der Waals surface area contributed by atoms with E-state index in [0.29, 0.717) is 34.9 Å². The van der Waals surface area contributed by atoms with E-state index in [9.17, 15) is 23.2 Å². The molecule has 0 amide bonds. The number of rotatable bonds is 4. The van der Waals surface area contributed by atoms with Gasteiger partial charge in [-0.15, -0.1) is 0 Å². The molecule has 3 aromatic rings. The van der Waals surface area contributed by atoms with Gasteiger partial charge in [0, 0.05) is 25.3 Å². The van der Waals surface area contributed by atoms with Gasteiger partial charge in [-0.25, -0.2) is 4.98 Å². The van der Waals surface area contributed by atoms with Gasteiger partial charge in [-0.1, -0.05) is 0 Å². The topological polar surface area (TPSA) is 61.9 Å². The summed E-state index contributed by atoms with van der Waals surface area (Å²) < 4.78 is 40.3. The van der Waals surface area contributed by atoms with E-state index in [1.807, 2.05) is 11.0 Å². The first-order valence-corrected chi connectivity index (χ1v) is 9.13. The number of anilines is 2. The number of aryl methyl sites for hydroxylation is 1. The van der Waals surface area contributed by atoms with Crippen molar-refractivity contribution in [3.8, 4) is 6.07 Å². The fourth-order valence-electron chi connectivity index (χ4n) is 3.31. The minimum absolute atomic E-state index is 0.205. The van der Waals surface area contributed by atoms with Crippen LogP contribution in [-0.2, 0) is 13.2 Å². The number of hydrogen-bond donors (Lipinski definition) is 0. The van der Waals surface area contributed by atoms with Gasteiger partial charge in [0.05, 0.1) is 16.8 Å². The lowest BCUT2D eigenvalue weighted by Crippen LogP contribution is -2.25. The first-order chi connectivity index (χ1) is 13.8. The van der Waals surface area contributed by atoms with Crippen molar-refractivity contribution >= 4 is 22.4 Å². The fraction of sp³-hybridized carbons (Fsp3) is 0.286. The van der Waals surface area contributed by atoms with Crippen LogP contribution in [-0.4, -0.2) is 16.1 Å². The number of fused-ring (bicyclic) bond motifs is 1. The Hall–Kier alpha value is -3.34. The lowest BCUT2D eigenvalue weighted by molar-refractivity contribution is -0.137. The van der Waals surface area contributed by atoms with Gasteiger partial charge in [0.25, 0.3) is 5.56 Å². The summed E-state index contributed by atoms with van der Waals surface area (Å²) in [4.78, 5) is 18.7. The molecule has 0 bridgehead atoms. The van der Waals surface area contributed by atoms with Crippen molar-refractivity contribution in [1.29, 1.82) is 5.26 Å². The van der Waals surface area contributed by atoms with Crippen LogP contribution in [0.15, 0.2) is 47.3 Å². The lowest BCUT2D eigenvalue weighted by Gasteiger charge is -2.26. The van der Waals surface area contributed by atoms with Crippen molar-refractivity contribution in [2.24, 2.45) is 13.0 Å². The second kappa shape index (κ2) is 6.92. The molecule has 2 heterocycles. The summed E-state index contributed by atoms with van der Waals surface area (Å²) in [5.74, 6) is 0.399. The van der Waals surface area contributed by atoms with Crippen molar-refractivity contribution in [2.45, 2.75) is 19.0 Å². The highest BCUT2D eigenvalue weighted by Gasteiger charge is 2.31. The maximum atomic E-state index is 13.0. The standard InChI is InChI=1S/C21H17F3N4O/c1-27-17-9-6-15(11-25)26-20(17)18(10-19(27)29)28(12-13-2-3-13)16-7-4-14(5-8-16)21(22,23)24/h4-10,13H,2-3,12H2,1H3. The van der Waals surface area contributed by atoms with Gasteiger partial charge >= 0.3 is 6.18 Å². The van der Waals surface area contributed by atoms with Crippen LogP contribution in [0.1, 0.15) is 24.1 Å². The zero-order valence-corrected chi connectivity index (χ0v) is 15.6. The molecule has 0 atom stereocenters. The van der Waals surface area contributed by atoms with Crippen LogP contribution in [0.5, 0.6) is 0 Å². The largest absolute Gasteiger partial charge is 0.416 e. The first-order valence-electron chi connectivity index (χ1n) is 9.13. The van der Waals surface area contributed by atoms with Crippen LogP contribution in [0, 0.1) is 17.2 Å². The number of hydrogen-bond acceptors (Lipinski definition) is 4. The molecule has 2 aromatic heterocycles. The quantitative estimate of drug-likeness (QED) is 0.655. The zero-order chi connectivity index (χ0) is 20.8. The molecule has 148 valence electrons. The highest BCUT2D eigenvalue weighted by atomic mass is 19.4. The van der Waals surface area contributed by atoms with Crippen LogP contribution in [0.25, 0.3) is 11.0 Å². The van der Waals surface area contributed by atoms with Gasteiger partial charge in [-0.2, -0.15) is 18.4 Å². The van der Waals surface area contributed by atoms with Crippen LogP contribution >= 0.6 is 0 Å². The third-order valence-corrected chi connectivity index (χ3v) is 5.12. The van der Waals surface area contributed by atoms with Crippen molar-refractivity contribution < 1.29 is 13.2 Å². The van der Waals surface area contributed by atoms with E-state index >= 15 is 0 Å². The van der Waals surface area contributed by atoms with E-state index in [4.69, 9.17) is 0 Å². The number of halogens is 3. The molecule has 5 nitrogen and oxygen atoms in total. The molecule has 1 aliphatic carbocycles. The van der Waals surface area contributed by atoms with E-state index in [2.05, 4.69) is 4.98 Å². The van der Waals surface area contributed by atoms with Gasteiger partial charge in [0.15, 0.2) is 0 Å². The molecule has 1 fully saturated rings. The summed E-state index contributed by atoms with van der Waals surface area (Å²) in [5, 5.41) is 9.23. The summed E-state index contributed by atoms with van der Waals surface area (Å²) in [7, 11) is 1.62. The van der Waals surface area contributed by atoms with Gasteiger partial charge in [-0.3, -0.25) is 4.79 Å². The molecule has 8 heteroatoms. The Balaban J connectivity index is 1.90. The molecule has 0 unspecified atom stereocenters. The number of benzene rings is 1. The summed E-state index contributed by atoms with van der Waals surface area (Å²) in [6.45, 7) is 0.562. The van der Waals surface area contributed by atoms with E-state index < -0.39 is 11.7 Å². The van der Waals surface area contributed by atoms with Crippen molar-refractivity contribution in [3.05, 3.63) is 64.1 Å². The number of alkyl halides is 3. The number of aromatic nitrogens is 2. The Morgan fingerprint density at radius 3 is 2.48 bits per heavy atom. The Morgan fingerprint density at radius 2 is 1.90 bits per heavy atom. The molecule has 0 radical (unpaired) electrons. The summed E-state index contributed by atoms with van der Waals surface area (Å²) in [6, 6.07) is 11.5. The second-order valence-corrected chi connectivity index (χ2v) is 7.20. The van der Waals surface area contributed by atoms with Gasteiger partial charge in [0.1, 0.15) is 17.3 Å². The minimum Gasteiger partial charge on any atom is -0.339 e. The summed E-state index contributed by atoms with van der Waals surface area (Å²) >= 11 is 0. The van der Waals surface area contributed by atoms with Gasteiger partial charge < -0.3 is 9.47 Å². The van der Waals surface area contributed by atoms with E-state index in [1.54, 1.807) is 13.1 Å². The van der Waals surface area contributed by atoms with E-state index in [1.165, 1.54) is 28.8 Å². The van der Waals surface area contributed by atoms with Crippen LogP contribution in [0.4, 0.5) is 24.5 Å². The molecule has 1 aliphatic rings. The molecule has 0 saturated heterocycles. The SMILES string of the molecule is Cn1c(=O)cc(N(CC2CC2)c2ccc(C(F)(F)F)cc2)c2nc(C#N)ccc21. The fourth-order valence-corrected chi connectivity index (χ4v) is 3.31. The van der Waals surface area contributed by atoms with Crippen molar-refractivity contribution in [1.82, 2.24) is 9.55 Å². The monoisotopic (exact) mass is 398 g/mol. The molecular weight excluding hydrogens is 381 g/mol. The molecule has 1 aromatic carbocycles. The highest BCUT2D eigenvalue weighted by molar-refractivity contribution is 5.91. The molecule has 0 aliphatic heterocycles. The Bertz CT molecular complexity index is 1170. The number of nitriles is 1. The Kier molecular flexibility index (Phi) is 4.53. The highest BCUT2D eigenvalue weighted by Crippen LogP contribution is 2.38. The zero-order valence-electron chi connectivity index (χ0n) is 15.6. The van der Waals surface area contributed by atoms with E-state index in [-0.39, 0.29) is 11.3 Å². The van der Waals surface area contributed by atoms with Crippen LogP contribution in [0.2, 0.25) is 0 Å². The van der Waals surface area contributed by atoms with Crippen molar-refractivity contribution in [3.63, 3.8) is 0 Å². The third kappa shape index (κ3) is 3.68. The maximum absolute atomic E-state index is 13.0. The molecular formula is C21H17F3N4O. The average molecular weight is 398 g/mol. The Labute approximate surface area is 164 Å². The Morgan fingerprint density at radius 1 is 1.21 bits per heavy atom. The van der Waals surface area contributed by atoms with Crippen LogP contribution < -0.4 is 10.5 Å². The van der Waals surface area contributed by atoms with E-state index in [0.717, 1.165) is 25.0 Å². The second-order valence-electron chi connectivity index (χ2n) is 7.20. The molecule has 0 N–H and O–H groups in total. The number of pyridine rings is 2. The predicted octanol–water partition coefficient (Wildman–Crippen LogP) is 4.37. The molecule has 4 rings (SSSR count). The summed E-state index contributed by atoms with van der Waals surface area (Å²) in [6.07, 6.45) is -2.37. The van der Waals surface area contributed by atoms with Crippen LogP contribution in [0.3, 0.4) is 0 Å². The third-order valence-electron chi connectivity index (χ3n) is 5.12. The molecule has 1 saturated carbocycles. The van der Waals surface area contributed by atoms with Crippen molar-refractivity contribution in [2.75, 3.05) is 11.4 Å². The van der Waals surface area contributed by atoms with Gasteiger partial charge in [0.2, 0.25) is 0 Å². The first kappa shape index (κ1) is 19.0. The lowest BCUT2D eigenvalue weighted by atomic mass is 10.1. The number of nitrogens with zero attached hydrogens (tertiary/aromatic N) is 4. The average Bonchev–Trinajstić information content (AvgIpc) is 3.52. The normalized spacial score (nSPS) is 14.0. The smallest absolute Gasteiger partial charge is 0.339 e. The maximum Gasteiger partial charge on any atom is 0.416 e. The summed E-state index contributed by atoms with van der Waals surface area (Å²) in [5.41, 5.74) is 1.27.